The van der Waals surface area contributed by atoms with E-state index >= 15 is 0 Å². The number of hydrogen-bond donors (Lipinski definition) is 1. The van der Waals surface area contributed by atoms with Gasteiger partial charge in [0.25, 0.3) is 0 Å². The molecule has 0 spiro atoms. The Morgan fingerprint density at radius 2 is 1.56 bits per heavy atom. The highest BCUT2D eigenvalue weighted by molar-refractivity contribution is 9.11. The number of benzene rings is 4. The van der Waals surface area contributed by atoms with Gasteiger partial charge in [-0.05, 0) is 95.8 Å². The van der Waals surface area contributed by atoms with Crippen molar-refractivity contribution in [1.82, 2.24) is 0 Å². The number of carbonyl (C=O) groups is 1. The third kappa shape index (κ3) is 4.49. The molecule has 0 aliphatic heterocycles. The van der Waals surface area contributed by atoms with Crippen LogP contribution in [0.1, 0.15) is 16.9 Å². The fourth-order valence-electron chi connectivity index (χ4n) is 4.50. The smallest absolute Gasteiger partial charge is 0.345 e. The minimum atomic E-state index is -1.04. The van der Waals surface area contributed by atoms with E-state index in [1.165, 1.54) is 0 Å². The highest BCUT2D eigenvalue weighted by Gasteiger charge is 2.25. The van der Waals surface area contributed by atoms with Crippen molar-refractivity contribution in [2.24, 2.45) is 0 Å². The van der Waals surface area contributed by atoms with Crippen molar-refractivity contribution in [3.05, 3.63) is 97.0 Å². The fraction of sp³-hybridized carbons (Fsp3) is 0.138. The van der Waals surface area contributed by atoms with Gasteiger partial charge in [0.15, 0.2) is 6.10 Å². The van der Waals surface area contributed by atoms with Crippen LogP contribution in [0, 0.1) is 13.8 Å². The molecule has 1 aromatic heterocycles. The summed E-state index contributed by atoms with van der Waals surface area (Å²) >= 11 is 11.0. The number of rotatable bonds is 6. The van der Waals surface area contributed by atoms with Crippen molar-refractivity contribution in [2.45, 2.75) is 26.4 Å². The third-order valence-corrected chi connectivity index (χ3v) is 8.32. The molecule has 5 aromatic rings. The molecule has 1 heterocycles. The van der Waals surface area contributed by atoms with Crippen molar-refractivity contribution in [3.8, 4) is 16.9 Å². The Bertz CT molecular complexity index is 1600. The maximum absolute atomic E-state index is 12.0. The van der Waals surface area contributed by atoms with Crippen LogP contribution in [0.25, 0.3) is 32.9 Å². The van der Waals surface area contributed by atoms with Crippen LogP contribution in [-0.2, 0) is 11.2 Å². The number of ether oxygens (including phenoxy) is 1. The van der Waals surface area contributed by atoms with E-state index in [1.807, 2.05) is 61.5 Å². The lowest BCUT2D eigenvalue weighted by Gasteiger charge is -2.19. The molecule has 4 aromatic carbocycles. The first kappa shape index (κ1) is 25.1. The molecule has 0 radical (unpaired) electrons. The van der Waals surface area contributed by atoms with Gasteiger partial charge in [0, 0.05) is 22.8 Å². The summed E-state index contributed by atoms with van der Waals surface area (Å²) in [7, 11) is 0. The van der Waals surface area contributed by atoms with Crippen LogP contribution < -0.4 is 4.74 Å². The monoisotopic (exact) mass is 670 g/mol. The van der Waals surface area contributed by atoms with Crippen LogP contribution in [0.5, 0.6) is 5.75 Å². The zero-order valence-corrected chi connectivity index (χ0v) is 24.2. The van der Waals surface area contributed by atoms with Gasteiger partial charge in [-0.15, -0.1) is 0 Å². The van der Waals surface area contributed by atoms with Gasteiger partial charge in [-0.25, -0.2) is 4.79 Å². The first-order valence-electron chi connectivity index (χ1n) is 11.3. The van der Waals surface area contributed by atoms with E-state index in [0.29, 0.717) is 14.7 Å². The van der Waals surface area contributed by atoms with Gasteiger partial charge in [0.1, 0.15) is 17.1 Å². The minimum Gasteiger partial charge on any atom is -0.478 e. The van der Waals surface area contributed by atoms with Gasteiger partial charge in [0.05, 0.1) is 13.4 Å². The van der Waals surface area contributed by atoms with E-state index < -0.39 is 12.1 Å². The molecule has 0 aliphatic rings. The Labute approximate surface area is 233 Å². The second-order valence-electron chi connectivity index (χ2n) is 8.63. The topological polar surface area (TPSA) is 59.7 Å². The summed E-state index contributed by atoms with van der Waals surface area (Å²) < 4.78 is 14.4. The molecule has 5 rings (SSSR count). The summed E-state index contributed by atoms with van der Waals surface area (Å²) in [6.45, 7) is 4.03. The van der Waals surface area contributed by atoms with Gasteiger partial charge < -0.3 is 14.3 Å². The summed E-state index contributed by atoms with van der Waals surface area (Å²) in [6.07, 6.45) is -0.785. The maximum Gasteiger partial charge on any atom is 0.345 e. The van der Waals surface area contributed by atoms with Crippen LogP contribution in [0.3, 0.4) is 0 Å². The van der Waals surface area contributed by atoms with Crippen molar-refractivity contribution in [2.75, 3.05) is 0 Å². The SMILES string of the molecule is Cc1oc2c(Br)c3ccccc3c(-c3cc(Br)c(O[C@H](Cc4ccccc4)C(=O)O)c(Br)c3)c2c1C. The van der Waals surface area contributed by atoms with Gasteiger partial charge in [-0.1, -0.05) is 54.6 Å². The molecule has 36 heavy (non-hydrogen) atoms. The number of aryl methyl sites for hydroxylation is 2. The lowest BCUT2D eigenvalue weighted by atomic mass is 9.93. The first-order chi connectivity index (χ1) is 17.3. The van der Waals surface area contributed by atoms with Crippen LogP contribution >= 0.6 is 47.8 Å². The minimum absolute atomic E-state index is 0.252. The second kappa shape index (κ2) is 10.0. The van der Waals surface area contributed by atoms with Crippen molar-refractivity contribution in [3.63, 3.8) is 0 Å². The highest BCUT2D eigenvalue weighted by atomic mass is 79.9. The Kier molecular flexibility index (Phi) is 6.99. The van der Waals surface area contributed by atoms with Crippen LogP contribution in [0.15, 0.2) is 84.6 Å². The molecule has 4 nitrogen and oxygen atoms in total. The summed E-state index contributed by atoms with van der Waals surface area (Å²) in [5.74, 6) is 0.289. The van der Waals surface area contributed by atoms with Crippen LogP contribution in [0.2, 0.25) is 0 Å². The Balaban J connectivity index is 1.64. The predicted octanol–water partition coefficient (Wildman–Crippen LogP) is 9.23. The molecule has 0 bridgehead atoms. The zero-order chi connectivity index (χ0) is 25.6. The van der Waals surface area contributed by atoms with Crippen LogP contribution in [-0.4, -0.2) is 17.2 Å². The Morgan fingerprint density at radius 1 is 0.944 bits per heavy atom. The molecule has 1 N–H and O–H groups in total. The average molecular weight is 673 g/mol. The predicted molar refractivity (Wildman–Crippen MR) is 154 cm³/mol. The number of halogens is 3. The van der Waals surface area contributed by atoms with E-state index in [1.54, 1.807) is 0 Å². The molecule has 0 fully saturated rings. The molecule has 0 unspecified atom stereocenters. The van der Waals surface area contributed by atoms with E-state index in [-0.39, 0.29) is 6.42 Å². The molecule has 182 valence electrons. The van der Waals surface area contributed by atoms with Crippen molar-refractivity contribution >= 4 is 75.5 Å². The highest BCUT2D eigenvalue weighted by Crippen LogP contribution is 2.47. The lowest BCUT2D eigenvalue weighted by Crippen LogP contribution is -2.29. The van der Waals surface area contributed by atoms with Crippen molar-refractivity contribution in [1.29, 1.82) is 0 Å². The van der Waals surface area contributed by atoms with Gasteiger partial charge in [0.2, 0.25) is 0 Å². The maximum atomic E-state index is 12.0. The van der Waals surface area contributed by atoms with Gasteiger partial charge in [-0.2, -0.15) is 0 Å². The quantitative estimate of drug-likeness (QED) is 0.195. The largest absolute Gasteiger partial charge is 0.478 e. The molecular weight excluding hydrogens is 652 g/mol. The third-order valence-electron chi connectivity index (χ3n) is 6.35. The van der Waals surface area contributed by atoms with Gasteiger partial charge >= 0.3 is 5.97 Å². The molecule has 0 aliphatic carbocycles. The normalized spacial score (nSPS) is 12.2. The molecule has 0 amide bonds. The Hall–Kier alpha value is -2.61. The number of hydrogen-bond acceptors (Lipinski definition) is 3. The molecule has 1 atom stereocenters. The molecule has 7 heteroatoms. The van der Waals surface area contributed by atoms with E-state index in [2.05, 4.69) is 66.8 Å². The summed E-state index contributed by atoms with van der Waals surface area (Å²) in [5.41, 5.74) is 4.77. The average Bonchev–Trinajstić information content (AvgIpc) is 3.16. The summed E-state index contributed by atoms with van der Waals surface area (Å²) in [4.78, 5) is 12.0. The molecule has 0 saturated carbocycles. The number of carboxylic acids is 1. The summed E-state index contributed by atoms with van der Waals surface area (Å²) in [6, 6.07) is 21.6. The lowest BCUT2D eigenvalue weighted by molar-refractivity contribution is -0.145. The van der Waals surface area contributed by atoms with E-state index in [4.69, 9.17) is 9.15 Å². The number of furan rings is 1. The van der Waals surface area contributed by atoms with Gasteiger partial charge in [-0.3, -0.25) is 0 Å². The standard InChI is InChI=1S/C29H21Br3O4/c1-15-16(2)35-28-24(15)25(19-10-6-7-11-20(19)26(28)32)18-13-21(30)27(22(31)14-18)36-23(29(33)34)12-17-8-4-3-5-9-17/h3-11,13-14,23H,12H2,1-2H3,(H,33,34)/t23-/m1/s1. The fourth-order valence-corrected chi connectivity index (χ4v) is 6.50. The molecular formula is C29H21Br3O4. The van der Waals surface area contributed by atoms with Crippen LogP contribution in [0.4, 0.5) is 0 Å². The zero-order valence-electron chi connectivity index (χ0n) is 19.4. The Morgan fingerprint density at radius 3 is 2.19 bits per heavy atom. The molecule has 0 saturated heterocycles. The second-order valence-corrected chi connectivity index (χ2v) is 11.1. The number of carboxylic acid groups (broad SMARTS) is 1. The van der Waals surface area contributed by atoms with E-state index in [0.717, 1.165) is 54.2 Å². The summed E-state index contributed by atoms with van der Waals surface area (Å²) in [5, 5.41) is 13.0. The first-order valence-corrected chi connectivity index (χ1v) is 13.7. The number of fused-ring (bicyclic) bond motifs is 2. The number of aliphatic carboxylic acids is 1. The van der Waals surface area contributed by atoms with E-state index in [9.17, 15) is 9.90 Å². The van der Waals surface area contributed by atoms with Crippen molar-refractivity contribution < 1.29 is 19.1 Å².